The Hall–Kier alpha value is -1.36. The summed E-state index contributed by atoms with van der Waals surface area (Å²) >= 11 is 0. The topological polar surface area (TPSA) is 67.0 Å². The van der Waals surface area contributed by atoms with Gasteiger partial charge in [0.05, 0.1) is 0 Å². The second-order valence-corrected chi connectivity index (χ2v) is 3.53. The van der Waals surface area contributed by atoms with E-state index in [1.807, 2.05) is 6.92 Å². The van der Waals surface area contributed by atoms with Crippen LogP contribution in [0.15, 0.2) is 12.4 Å². The van der Waals surface area contributed by atoms with Gasteiger partial charge in [-0.3, -0.25) is 4.79 Å². The van der Waals surface area contributed by atoms with E-state index in [1.165, 1.54) is 0 Å². The van der Waals surface area contributed by atoms with Crippen molar-refractivity contribution in [3.63, 3.8) is 0 Å². The molecule has 5 nitrogen and oxygen atoms in total. The average molecular weight is 225 g/mol. The Labute approximate surface area is 95.6 Å². The minimum absolute atomic E-state index is 0.0544. The largest absolute Gasteiger partial charge is 0.369 e. The average Bonchev–Trinajstić information content (AvgIpc) is 2.77. The molecule has 0 saturated carbocycles. The second kappa shape index (κ2) is 7.00. The lowest BCUT2D eigenvalue weighted by Crippen LogP contribution is -2.35. The van der Waals surface area contributed by atoms with Gasteiger partial charge in [0.15, 0.2) is 0 Å². The molecule has 0 aliphatic rings. The van der Waals surface area contributed by atoms with E-state index in [0.717, 1.165) is 18.7 Å². The van der Waals surface area contributed by atoms with Crippen molar-refractivity contribution < 1.29 is 9.53 Å². The number of aryl methyl sites for hydroxylation is 1. The predicted molar refractivity (Wildman–Crippen MR) is 61.0 cm³/mol. The number of amides is 1. The molecule has 1 atom stereocenters. The van der Waals surface area contributed by atoms with Crippen molar-refractivity contribution in [2.24, 2.45) is 0 Å². The van der Waals surface area contributed by atoms with Gasteiger partial charge in [-0.05, 0) is 20.3 Å². The van der Waals surface area contributed by atoms with Crippen molar-refractivity contribution in [2.75, 3.05) is 13.2 Å². The van der Waals surface area contributed by atoms with Gasteiger partial charge in [0, 0.05) is 32.0 Å². The minimum Gasteiger partial charge on any atom is -0.369 e. The van der Waals surface area contributed by atoms with Crippen LogP contribution in [0, 0.1) is 0 Å². The van der Waals surface area contributed by atoms with Gasteiger partial charge in [-0.2, -0.15) is 0 Å². The molecular weight excluding hydrogens is 206 g/mol. The number of ether oxygens (including phenoxy) is 1. The smallest absolute Gasteiger partial charge is 0.248 e. The monoisotopic (exact) mass is 225 g/mol. The lowest BCUT2D eigenvalue weighted by atomic mass is 10.3. The summed E-state index contributed by atoms with van der Waals surface area (Å²) in [4.78, 5) is 18.6. The Morgan fingerprint density at radius 1 is 1.69 bits per heavy atom. The maximum Gasteiger partial charge on any atom is 0.248 e. The number of H-pyrrole nitrogens is 1. The van der Waals surface area contributed by atoms with Crippen LogP contribution >= 0.6 is 0 Å². The van der Waals surface area contributed by atoms with E-state index in [-0.39, 0.29) is 12.0 Å². The molecule has 1 unspecified atom stereocenters. The van der Waals surface area contributed by atoms with E-state index >= 15 is 0 Å². The highest BCUT2D eigenvalue weighted by atomic mass is 16.5. The Bertz CT molecular complexity index is 298. The molecule has 0 aromatic carbocycles. The van der Waals surface area contributed by atoms with Crippen molar-refractivity contribution in [1.29, 1.82) is 0 Å². The zero-order valence-corrected chi connectivity index (χ0v) is 9.82. The van der Waals surface area contributed by atoms with Crippen LogP contribution in [0.2, 0.25) is 0 Å². The van der Waals surface area contributed by atoms with Crippen molar-refractivity contribution in [1.82, 2.24) is 15.3 Å². The molecule has 2 N–H and O–H groups in total. The number of hydrogen-bond donors (Lipinski definition) is 2. The van der Waals surface area contributed by atoms with E-state index in [2.05, 4.69) is 15.3 Å². The van der Waals surface area contributed by atoms with Crippen LogP contribution < -0.4 is 5.32 Å². The van der Waals surface area contributed by atoms with Crippen LogP contribution in [0.25, 0.3) is 0 Å². The maximum absolute atomic E-state index is 11.4. The summed E-state index contributed by atoms with van der Waals surface area (Å²) < 4.78 is 5.18. The molecule has 90 valence electrons. The molecule has 1 heterocycles. The third kappa shape index (κ3) is 4.44. The number of carbonyl (C=O) groups excluding carboxylic acids is 1. The maximum atomic E-state index is 11.4. The molecule has 0 bridgehead atoms. The Morgan fingerprint density at radius 3 is 3.12 bits per heavy atom. The van der Waals surface area contributed by atoms with E-state index < -0.39 is 0 Å². The van der Waals surface area contributed by atoms with Gasteiger partial charge in [0.2, 0.25) is 5.91 Å². The first kappa shape index (κ1) is 12.7. The van der Waals surface area contributed by atoms with Crippen LogP contribution in [0.3, 0.4) is 0 Å². The number of imidazole rings is 1. The van der Waals surface area contributed by atoms with E-state index in [9.17, 15) is 4.79 Å². The number of aromatic amines is 1. The van der Waals surface area contributed by atoms with Gasteiger partial charge < -0.3 is 15.0 Å². The van der Waals surface area contributed by atoms with Crippen LogP contribution in [0.5, 0.6) is 0 Å². The highest BCUT2D eigenvalue weighted by Crippen LogP contribution is 1.94. The zero-order chi connectivity index (χ0) is 11.8. The van der Waals surface area contributed by atoms with E-state index in [0.29, 0.717) is 13.2 Å². The van der Waals surface area contributed by atoms with Gasteiger partial charge >= 0.3 is 0 Å². The number of carbonyl (C=O) groups is 1. The Kier molecular flexibility index (Phi) is 5.56. The van der Waals surface area contributed by atoms with Crippen LogP contribution in [0.1, 0.15) is 26.1 Å². The molecule has 1 aromatic rings. The fourth-order valence-corrected chi connectivity index (χ4v) is 1.37. The van der Waals surface area contributed by atoms with Gasteiger partial charge in [-0.25, -0.2) is 4.98 Å². The molecule has 5 heteroatoms. The lowest BCUT2D eigenvalue weighted by Gasteiger charge is -2.11. The zero-order valence-electron chi connectivity index (χ0n) is 9.82. The number of hydrogen-bond acceptors (Lipinski definition) is 3. The highest BCUT2D eigenvalue weighted by Gasteiger charge is 2.10. The van der Waals surface area contributed by atoms with Crippen molar-refractivity contribution in [2.45, 2.75) is 32.8 Å². The van der Waals surface area contributed by atoms with Gasteiger partial charge in [-0.1, -0.05) is 0 Å². The fraction of sp³-hybridized carbons (Fsp3) is 0.636. The summed E-state index contributed by atoms with van der Waals surface area (Å²) in [5, 5.41) is 2.82. The number of nitrogens with one attached hydrogen (secondary N) is 2. The van der Waals surface area contributed by atoms with Crippen molar-refractivity contribution >= 4 is 5.91 Å². The molecule has 0 aliphatic carbocycles. The lowest BCUT2D eigenvalue weighted by molar-refractivity contribution is -0.131. The van der Waals surface area contributed by atoms with Gasteiger partial charge in [0.25, 0.3) is 0 Å². The van der Waals surface area contributed by atoms with Crippen molar-refractivity contribution in [3.05, 3.63) is 18.2 Å². The molecule has 16 heavy (non-hydrogen) atoms. The fourth-order valence-electron chi connectivity index (χ4n) is 1.37. The van der Waals surface area contributed by atoms with Crippen molar-refractivity contribution in [3.8, 4) is 0 Å². The predicted octanol–water partition coefficient (Wildman–Crippen LogP) is 0.883. The highest BCUT2D eigenvalue weighted by molar-refractivity contribution is 5.80. The summed E-state index contributed by atoms with van der Waals surface area (Å²) in [5.41, 5.74) is 0. The first-order valence-corrected chi connectivity index (χ1v) is 5.61. The minimum atomic E-state index is -0.367. The Morgan fingerprint density at radius 2 is 2.50 bits per heavy atom. The third-order valence-corrected chi connectivity index (χ3v) is 2.23. The summed E-state index contributed by atoms with van der Waals surface area (Å²) in [6.45, 7) is 4.84. The number of rotatable bonds is 7. The molecule has 0 spiro atoms. The first-order valence-electron chi connectivity index (χ1n) is 5.61. The third-order valence-electron chi connectivity index (χ3n) is 2.23. The SMILES string of the molecule is CCOC(C)C(=O)NCCCc1ncc[nH]1. The van der Waals surface area contributed by atoms with E-state index in [4.69, 9.17) is 4.74 Å². The molecule has 0 fully saturated rings. The summed E-state index contributed by atoms with van der Waals surface area (Å²) in [6, 6.07) is 0. The summed E-state index contributed by atoms with van der Waals surface area (Å²) in [7, 11) is 0. The van der Waals surface area contributed by atoms with Crippen LogP contribution in [-0.4, -0.2) is 35.1 Å². The molecule has 0 saturated heterocycles. The Balaban J connectivity index is 2.08. The summed E-state index contributed by atoms with van der Waals surface area (Å²) in [5.74, 6) is 0.897. The molecular formula is C11H19N3O2. The first-order chi connectivity index (χ1) is 7.74. The number of nitrogens with zero attached hydrogens (tertiary/aromatic N) is 1. The molecule has 1 aromatic heterocycles. The second-order valence-electron chi connectivity index (χ2n) is 3.53. The number of aromatic nitrogens is 2. The molecule has 1 rings (SSSR count). The standard InChI is InChI=1S/C11H19N3O2/c1-3-16-9(2)11(15)14-6-4-5-10-12-7-8-13-10/h7-9H,3-6H2,1-2H3,(H,12,13)(H,14,15). The van der Waals surface area contributed by atoms with Crippen LogP contribution in [0.4, 0.5) is 0 Å². The molecule has 0 radical (unpaired) electrons. The normalized spacial score (nSPS) is 12.4. The van der Waals surface area contributed by atoms with Gasteiger partial charge in [0.1, 0.15) is 11.9 Å². The van der Waals surface area contributed by atoms with Crippen LogP contribution in [-0.2, 0) is 16.0 Å². The molecule has 1 amide bonds. The quantitative estimate of drug-likeness (QED) is 0.677. The van der Waals surface area contributed by atoms with Gasteiger partial charge in [-0.15, -0.1) is 0 Å². The molecule has 0 aliphatic heterocycles. The summed E-state index contributed by atoms with van der Waals surface area (Å²) in [6.07, 6.45) is 4.87. The van der Waals surface area contributed by atoms with E-state index in [1.54, 1.807) is 19.3 Å².